The third kappa shape index (κ3) is 3.74. The van der Waals surface area contributed by atoms with Gasteiger partial charge in [-0.1, -0.05) is 27.7 Å². The van der Waals surface area contributed by atoms with Gasteiger partial charge in [-0.2, -0.15) is 0 Å². The highest BCUT2D eigenvalue weighted by Gasteiger charge is 2.29. The molecule has 1 amide bonds. The molecule has 116 valence electrons. The highest BCUT2D eigenvalue weighted by molar-refractivity contribution is 5.95. The number of nitrogens with zero attached hydrogens (tertiary/aromatic N) is 2. The Morgan fingerprint density at radius 3 is 2.67 bits per heavy atom. The zero-order chi connectivity index (χ0) is 15.6. The molecule has 1 aromatic heterocycles. The van der Waals surface area contributed by atoms with E-state index in [2.05, 4.69) is 38.0 Å². The van der Waals surface area contributed by atoms with Crippen LogP contribution in [0.2, 0.25) is 0 Å². The SMILES string of the molecule is CNc1cc(C(=O)N2CCCC(C)(C)C2)cc(C(C)C)n1. The Balaban J connectivity index is 2.28. The van der Waals surface area contributed by atoms with E-state index in [-0.39, 0.29) is 11.3 Å². The molecule has 0 atom stereocenters. The van der Waals surface area contributed by atoms with Gasteiger partial charge < -0.3 is 10.2 Å². The number of hydrogen-bond donors (Lipinski definition) is 1. The lowest BCUT2D eigenvalue weighted by Gasteiger charge is -2.38. The fourth-order valence-corrected chi connectivity index (χ4v) is 2.88. The first-order valence-corrected chi connectivity index (χ1v) is 7.81. The summed E-state index contributed by atoms with van der Waals surface area (Å²) in [6.07, 6.45) is 2.27. The van der Waals surface area contributed by atoms with E-state index >= 15 is 0 Å². The largest absolute Gasteiger partial charge is 0.373 e. The Kier molecular flexibility index (Phi) is 4.55. The minimum Gasteiger partial charge on any atom is -0.373 e. The number of likely N-dealkylation sites (tertiary alicyclic amines) is 1. The van der Waals surface area contributed by atoms with Gasteiger partial charge in [0.2, 0.25) is 0 Å². The third-order valence-electron chi connectivity index (χ3n) is 4.13. The van der Waals surface area contributed by atoms with Crippen molar-refractivity contribution in [1.82, 2.24) is 9.88 Å². The molecule has 2 heterocycles. The number of aromatic nitrogens is 1. The van der Waals surface area contributed by atoms with Crippen LogP contribution in [-0.2, 0) is 0 Å². The van der Waals surface area contributed by atoms with Crippen LogP contribution in [0.25, 0.3) is 0 Å². The van der Waals surface area contributed by atoms with Gasteiger partial charge in [0.25, 0.3) is 5.91 Å². The molecular weight excluding hydrogens is 262 g/mol. The average molecular weight is 289 g/mol. The van der Waals surface area contributed by atoms with Crippen LogP contribution in [0.3, 0.4) is 0 Å². The zero-order valence-corrected chi connectivity index (χ0v) is 13.9. The number of piperidine rings is 1. The van der Waals surface area contributed by atoms with E-state index in [9.17, 15) is 4.79 Å². The molecule has 4 heteroatoms. The van der Waals surface area contributed by atoms with E-state index in [0.717, 1.165) is 36.6 Å². The second-order valence-electron chi connectivity index (χ2n) is 7.07. The zero-order valence-electron chi connectivity index (χ0n) is 13.9. The van der Waals surface area contributed by atoms with Gasteiger partial charge in [-0.05, 0) is 36.3 Å². The summed E-state index contributed by atoms with van der Waals surface area (Å²) in [4.78, 5) is 19.3. The van der Waals surface area contributed by atoms with E-state index in [4.69, 9.17) is 0 Å². The van der Waals surface area contributed by atoms with Crippen LogP contribution in [0.1, 0.15) is 62.5 Å². The fourth-order valence-electron chi connectivity index (χ4n) is 2.88. The number of amides is 1. The normalized spacial score (nSPS) is 17.9. The fraction of sp³-hybridized carbons (Fsp3) is 0.647. The van der Waals surface area contributed by atoms with Gasteiger partial charge in [-0.25, -0.2) is 4.98 Å². The number of hydrogen-bond acceptors (Lipinski definition) is 3. The Labute approximate surface area is 127 Å². The molecule has 1 saturated heterocycles. The number of carbonyl (C=O) groups excluding carboxylic acids is 1. The minimum absolute atomic E-state index is 0.128. The van der Waals surface area contributed by atoms with E-state index in [1.807, 2.05) is 24.1 Å². The summed E-state index contributed by atoms with van der Waals surface area (Å²) in [5.74, 6) is 1.20. The van der Waals surface area contributed by atoms with Gasteiger partial charge in [0.15, 0.2) is 0 Å². The maximum absolute atomic E-state index is 12.8. The van der Waals surface area contributed by atoms with Gasteiger partial charge in [-0.15, -0.1) is 0 Å². The molecule has 1 aliphatic heterocycles. The maximum atomic E-state index is 12.8. The molecule has 0 radical (unpaired) electrons. The molecule has 21 heavy (non-hydrogen) atoms. The lowest BCUT2D eigenvalue weighted by molar-refractivity contribution is 0.0583. The molecule has 1 fully saturated rings. The molecule has 0 spiro atoms. The number of carbonyl (C=O) groups is 1. The lowest BCUT2D eigenvalue weighted by Crippen LogP contribution is -2.43. The average Bonchev–Trinajstić information content (AvgIpc) is 2.44. The Morgan fingerprint density at radius 1 is 1.38 bits per heavy atom. The third-order valence-corrected chi connectivity index (χ3v) is 4.13. The van der Waals surface area contributed by atoms with E-state index in [0.29, 0.717) is 5.92 Å². The van der Waals surface area contributed by atoms with E-state index < -0.39 is 0 Å². The summed E-state index contributed by atoms with van der Waals surface area (Å²) in [7, 11) is 1.84. The van der Waals surface area contributed by atoms with Crippen molar-refractivity contribution in [3.05, 3.63) is 23.4 Å². The molecule has 0 aromatic carbocycles. The summed E-state index contributed by atoms with van der Waals surface area (Å²) in [5.41, 5.74) is 1.92. The molecule has 0 aliphatic carbocycles. The van der Waals surface area contributed by atoms with Crippen molar-refractivity contribution < 1.29 is 4.79 Å². The summed E-state index contributed by atoms with van der Waals surface area (Å²) in [6, 6.07) is 3.80. The predicted octanol–water partition coefficient (Wildman–Crippen LogP) is 3.51. The summed E-state index contributed by atoms with van der Waals surface area (Å²) in [6.45, 7) is 10.4. The van der Waals surface area contributed by atoms with Gasteiger partial charge in [0.1, 0.15) is 5.82 Å². The minimum atomic E-state index is 0.128. The molecule has 0 bridgehead atoms. The van der Waals surface area contributed by atoms with Crippen LogP contribution in [0.4, 0.5) is 5.82 Å². The smallest absolute Gasteiger partial charge is 0.254 e. The van der Waals surface area contributed by atoms with Crippen molar-refractivity contribution in [2.45, 2.75) is 46.5 Å². The Hall–Kier alpha value is -1.58. The molecule has 1 aromatic rings. The molecular formula is C17H27N3O. The lowest BCUT2D eigenvalue weighted by atomic mass is 9.84. The Bertz CT molecular complexity index is 523. The van der Waals surface area contributed by atoms with Gasteiger partial charge in [0, 0.05) is 31.4 Å². The second-order valence-corrected chi connectivity index (χ2v) is 7.07. The number of nitrogens with one attached hydrogen (secondary N) is 1. The predicted molar refractivity (Wildman–Crippen MR) is 86.8 cm³/mol. The number of pyridine rings is 1. The van der Waals surface area contributed by atoms with Crippen molar-refractivity contribution >= 4 is 11.7 Å². The molecule has 1 aliphatic rings. The van der Waals surface area contributed by atoms with E-state index in [1.54, 1.807) is 0 Å². The number of rotatable bonds is 3. The van der Waals surface area contributed by atoms with Gasteiger partial charge in [-0.3, -0.25) is 4.79 Å². The quantitative estimate of drug-likeness (QED) is 0.926. The van der Waals surface area contributed by atoms with Crippen molar-refractivity contribution in [2.75, 3.05) is 25.5 Å². The topological polar surface area (TPSA) is 45.2 Å². The number of anilines is 1. The van der Waals surface area contributed by atoms with Gasteiger partial charge >= 0.3 is 0 Å². The molecule has 0 unspecified atom stereocenters. The first-order valence-electron chi connectivity index (χ1n) is 7.81. The molecule has 0 saturated carbocycles. The first-order chi connectivity index (χ1) is 9.82. The standard InChI is InChI=1S/C17H27N3O/c1-12(2)14-9-13(10-15(18-5)19-14)16(21)20-8-6-7-17(3,4)11-20/h9-10,12H,6-8,11H2,1-5H3,(H,18,19). The van der Waals surface area contributed by atoms with Crippen LogP contribution < -0.4 is 5.32 Å². The molecule has 1 N–H and O–H groups in total. The van der Waals surface area contributed by atoms with Crippen LogP contribution in [0.15, 0.2) is 12.1 Å². The van der Waals surface area contributed by atoms with Crippen LogP contribution >= 0.6 is 0 Å². The van der Waals surface area contributed by atoms with E-state index in [1.165, 1.54) is 6.42 Å². The van der Waals surface area contributed by atoms with Crippen LogP contribution in [0, 0.1) is 5.41 Å². The second kappa shape index (κ2) is 6.04. The summed E-state index contributed by atoms with van der Waals surface area (Å²) in [5, 5.41) is 3.05. The highest BCUT2D eigenvalue weighted by atomic mass is 16.2. The van der Waals surface area contributed by atoms with Crippen molar-refractivity contribution in [3.63, 3.8) is 0 Å². The monoisotopic (exact) mass is 289 g/mol. The molecule has 2 rings (SSSR count). The van der Waals surface area contributed by atoms with Crippen LogP contribution in [0.5, 0.6) is 0 Å². The van der Waals surface area contributed by atoms with Gasteiger partial charge in [0.05, 0.1) is 0 Å². The molecule has 4 nitrogen and oxygen atoms in total. The maximum Gasteiger partial charge on any atom is 0.254 e. The summed E-state index contributed by atoms with van der Waals surface area (Å²) >= 11 is 0. The summed E-state index contributed by atoms with van der Waals surface area (Å²) < 4.78 is 0. The van der Waals surface area contributed by atoms with Crippen molar-refractivity contribution in [1.29, 1.82) is 0 Å². The first kappa shape index (κ1) is 15.8. The highest BCUT2D eigenvalue weighted by Crippen LogP contribution is 2.29. The van der Waals surface area contributed by atoms with Crippen molar-refractivity contribution in [2.24, 2.45) is 5.41 Å². The van der Waals surface area contributed by atoms with Crippen molar-refractivity contribution in [3.8, 4) is 0 Å². The Morgan fingerprint density at radius 2 is 2.10 bits per heavy atom. The van der Waals surface area contributed by atoms with Crippen LogP contribution in [-0.4, -0.2) is 35.9 Å².